The number of benzene rings is 3. The molecule has 3 radical (unpaired) electrons. The van der Waals surface area contributed by atoms with Crippen molar-refractivity contribution in [3.05, 3.63) is 107 Å². The summed E-state index contributed by atoms with van der Waals surface area (Å²) in [5, 5.41) is 19.6. The van der Waals surface area contributed by atoms with E-state index in [1.807, 2.05) is 18.2 Å². The van der Waals surface area contributed by atoms with Crippen LogP contribution >= 0.6 is 0 Å². The molecule has 0 spiro atoms. The molecule has 0 amide bonds. The molecule has 0 unspecified atom stereocenters. The minimum atomic E-state index is -2.10. The first-order valence-corrected chi connectivity index (χ1v) is 37.5. The lowest BCUT2D eigenvalue weighted by atomic mass is 9.66. The second-order valence-corrected chi connectivity index (χ2v) is 26.2. The second kappa shape index (κ2) is 59.1. The Kier molecular flexibility index (Phi) is 58.7. The zero-order valence-corrected chi connectivity index (χ0v) is 60.8. The van der Waals surface area contributed by atoms with Gasteiger partial charge in [0, 0.05) is 12.0 Å². The van der Waals surface area contributed by atoms with Crippen molar-refractivity contribution in [2.45, 2.75) is 307 Å². The molecular weight excluding hydrogens is 1110 g/mol. The third-order valence-electron chi connectivity index (χ3n) is 18.3. The van der Waals surface area contributed by atoms with Crippen LogP contribution in [0, 0.1) is 17.5 Å². The molecular formula is C78H143B2F3N3O3. The molecule has 89 heavy (non-hydrogen) atoms. The van der Waals surface area contributed by atoms with Gasteiger partial charge in [0.1, 0.15) is 17.5 Å². The van der Waals surface area contributed by atoms with Gasteiger partial charge >= 0.3 is 0 Å². The molecule has 0 fully saturated rings. The van der Waals surface area contributed by atoms with E-state index in [9.17, 15) is 23.2 Å². The molecule has 3 rings (SSSR count). The highest BCUT2D eigenvalue weighted by Crippen LogP contribution is 2.44. The van der Waals surface area contributed by atoms with E-state index in [1.54, 1.807) is 18.2 Å². The number of hydrogen-bond donors (Lipinski definition) is 0. The predicted molar refractivity (Wildman–Crippen MR) is 382 cm³/mol. The van der Waals surface area contributed by atoms with Crippen LogP contribution in [-0.4, -0.2) is 114 Å². The SMILES string of the molecule is CCCCCCOB([O-])[O-].CCCC[N+](CCCC)(CCCC)CCCC.CCCC[N+](CCCC)(CCCC)CCCC.CCCC[N+](CCCC)(CCCC)CCCC.[B-]CCCCCC(c1cccc(F)c1)(c1cccc(F)c1)c1cccc(F)c1. The van der Waals surface area contributed by atoms with Crippen LogP contribution in [0.5, 0.6) is 0 Å². The lowest BCUT2D eigenvalue weighted by Gasteiger charge is -2.39. The van der Waals surface area contributed by atoms with Crippen LogP contribution in [0.4, 0.5) is 13.2 Å². The first kappa shape index (κ1) is 88.4. The maximum Gasteiger partial charge on any atom is 0.123 e. The van der Waals surface area contributed by atoms with E-state index >= 15 is 0 Å². The topological polar surface area (TPSA) is 55.3 Å². The van der Waals surface area contributed by atoms with Crippen molar-refractivity contribution in [3.63, 3.8) is 0 Å². The maximum absolute atomic E-state index is 14.2. The average molecular weight is 1250 g/mol. The van der Waals surface area contributed by atoms with Gasteiger partial charge in [0.05, 0.1) is 85.9 Å². The molecule has 3 aromatic rings. The first-order valence-electron chi connectivity index (χ1n) is 37.5. The highest BCUT2D eigenvalue weighted by Gasteiger charge is 2.37. The Morgan fingerprint density at radius 2 is 0.573 bits per heavy atom. The van der Waals surface area contributed by atoms with E-state index in [0.717, 1.165) is 44.9 Å². The average Bonchev–Trinajstić information content (AvgIpc) is 2.01. The monoisotopic (exact) mass is 1250 g/mol. The molecule has 0 heterocycles. The highest BCUT2D eigenvalue weighted by molar-refractivity contribution is 6.28. The van der Waals surface area contributed by atoms with Crippen molar-refractivity contribution in [3.8, 4) is 0 Å². The number of nitrogens with zero attached hydrogens (tertiary/aromatic N) is 3. The Morgan fingerprint density at radius 1 is 0.337 bits per heavy atom. The lowest BCUT2D eigenvalue weighted by molar-refractivity contribution is -0.929. The van der Waals surface area contributed by atoms with Gasteiger partial charge < -0.3 is 36.0 Å². The number of halogens is 3. The first-order chi connectivity index (χ1) is 43.1. The molecule has 0 saturated carbocycles. The summed E-state index contributed by atoms with van der Waals surface area (Å²) >= 11 is 0. The molecule has 0 aliphatic carbocycles. The smallest absolute Gasteiger partial charge is 0.123 e. The summed E-state index contributed by atoms with van der Waals surface area (Å²) in [5.74, 6) is -1.13. The van der Waals surface area contributed by atoms with E-state index in [-0.39, 0.29) is 17.5 Å². The molecule has 0 saturated heterocycles. The highest BCUT2D eigenvalue weighted by atomic mass is 19.1. The van der Waals surface area contributed by atoms with Crippen LogP contribution < -0.4 is 10.0 Å². The predicted octanol–water partition coefficient (Wildman–Crippen LogP) is 20.9. The summed E-state index contributed by atoms with van der Waals surface area (Å²) in [7, 11) is 3.53. The minimum absolute atomic E-state index is 0.317. The zero-order chi connectivity index (χ0) is 66.8. The van der Waals surface area contributed by atoms with E-state index in [2.05, 4.69) is 94.7 Å². The van der Waals surface area contributed by atoms with E-state index < -0.39 is 12.7 Å². The summed E-state index contributed by atoms with van der Waals surface area (Å²) in [6, 6.07) is 18.9. The Balaban J connectivity index is 0. The molecule has 0 aromatic heterocycles. The second-order valence-electron chi connectivity index (χ2n) is 26.2. The lowest BCUT2D eigenvalue weighted by Crippen LogP contribution is -2.50. The molecule has 0 bridgehead atoms. The van der Waals surface area contributed by atoms with Gasteiger partial charge in [-0.1, -0.05) is 242 Å². The van der Waals surface area contributed by atoms with Crippen LogP contribution in [-0.2, 0) is 10.1 Å². The van der Waals surface area contributed by atoms with Crippen molar-refractivity contribution >= 4 is 15.2 Å². The Hall–Kier alpha value is -2.66. The van der Waals surface area contributed by atoms with Crippen LogP contribution in [0.15, 0.2) is 72.8 Å². The molecule has 0 aliphatic heterocycles. The van der Waals surface area contributed by atoms with Crippen molar-refractivity contribution < 1.29 is 41.3 Å². The van der Waals surface area contributed by atoms with E-state index in [0.29, 0.717) is 36.0 Å². The number of quaternary nitrogens is 3. The number of rotatable bonds is 50. The Bertz CT molecular complexity index is 1690. The molecule has 515 valence electrons. The fourth-order valence-electron chi connectivity index (χ4n) is 12.5. The summed E-state index contributed by atoms with van der Waals surface area (Å²) in [4.78, 5) is 0. The third kappa shape index (κ3) is 41.6. The normalized spacial score (nSPS) is 11.6. The fraction of sp³-hybridized carbons (Fsp3) is 0.769. The number of unbranched alkanes of at least 4 members (excludes halogenated alkanes) is 17. The Labute approximate surface area is 553 Å². The van der Waals surface area contributed by atoms with Gasteiger partial charge in [0.2, 0.25) is 0 Å². The largest absolute Gasteiger partial charge is 0.871 e. The minimum Gasteiger partial charge on any atom is -0.871 e. The van der Waals surface area contributed by atoms with Crippen LogP contribution in [0.25, 0.3) is 0 Å². The Morgan fingerprint density at radius 3 is 0.775 bits per heavy atom. The van der Waals surface area contributed by atoms with E-state index in [1.165, 1.54) is 282 Å². The van der Waals surface area contributed by atoms with Crippen LogP contribution in [0.1, 0.15) is 312 Å². The summed E-state index contributed by atoms with van der Waals surface area (Å²) in [5.41, 5.74) is 1.17. The summed E-state index contributed by atoms with van der Waals surface area (Å²) in [6.45, 7) is 47.5. The molecule has 0 aliphatic rings. The number of hydrogen-bond acceptors (Lipinski definition) is 3. The molecule has 3 aromatic carbocycles. The standard InChI is InChI=1S/C24H22BF3.3C16H36N.C6H13BO3/c25-14-3-1-2-13-24(18-7-4-10-21(26)15-18,19-8-5-11-22(27)16-19)20-9-6-12-23(28)17-20;3*1-5-9-13-17(14-10-6-2,15-11-7-3)16-12-8-4;1-2-3-4-5-6-10-7(8)9/h4-12,15-17H,1-3,13-14H2;3*5-16H2,1-4H3;2-6H2,1H3/q-1;3*+1;-2. The fourth-order valence-corrected chi connectivity index (χ4v) is 12.5. The van der Waals surface area contributed by atoms with Gasteiger partial charge in [-0.25, -0.2) is 13.2 Å². The van der Waals surface area contributed by atoms with Crippen LogP contribution in [0.2, 0.25) is 6.32 Å². The molecule has 6 nitrogen and oxygen atoms in total. The molecule has 0 N–H and O–H groups in total. The van der Waals surface area contributed by atoms with Crippen molar-refractivity contribution in [2.24, 2.45) is 0 Å². The van der Waals surface area contributed by atoms with Gasteiger partial charge in [0.15, 0.2) is 0 Å². The summed E-state index contributed by atoms with van der Waals surface area (Å²) in [6.07, 6.45) is 41.1. The van der Waals surface area contributed by atoms with Gasteiger partial charge in [-0.2, -0.15) is 0 Å². The zero-order valence-electron chi connectivity index (χ0n) is 60.8. The molecule has 11 heteroatoms. The van der Waals surface area contributed by atoms with Gasteiger partial charge in [-0.05, 0) is 143 Å². The van der Waals surface area contributed by atoms with Crippen molar-refractivity contribution in [2.75, 3.05) is 85.1 Å². The van der Waals surface area contributed by atoms with Crippen LogP contribution in [0.3, 0.4) is 0 Å². The quantitative estimate of drug-likeness (QED) is 0.0245. The van der Waals surface area contributed by atoms with Crippen molar-refractivity contribution in [1.82, 2.24) is 0 Å². The van der Waals surface area contributed by atoms with E-state index in [4.69, 9.17) is 7.85 Å². The van der Waals surface area contributed by atoms with Gasteiger partial charge in [0.25, 0.3) is 0 Å². The van der Waals surface area contributed by atoms with Gasteiger partial charge in [-0.15, -0.1) is 0 Å². The van der Waals surface area contributed by atoms with Gasteiger partial charge in [-0.3, -0.25) is 6.32 Å². The summed E-state index contributed by atoms with van der Waals surface area (Å²) < 4.78 is 51.0. The van der Waals surface area contributed by atoms with Crippen molar-refractivity contribution in [1.29, 1.82) is 0 Å². The maximum atomic E-state index is 14.2. The molecule has 0 atom stereocenters. The third-order valence-corrected chi connectivity index (χ3v) is 18.3.